The van der Waals surface area contributed by atoms with Gasteiger partial charge in [-0.15, -0.1) is 0 Å². The largest absolute Gasteiger partial charge is 0.481 e. The first kappa shape index (κ1) is 28.2. The highest BCUT2D eigenvalue weighted by Crippen LogP contribution is 2.77. The number of nitrogens with zero attached hydrogens (tertiary/aromatic N) is 2. The SMILES string of the molecule is CC1(C)CC[C@]2(C(=O)O)CC[C@]3(C)C(=C(c4ccncc4)CC4[C@@]5(C)Cc6c(N)n[nH]c6C(C)(C)[C@@H]5CC[C@]43C)[C@@H]2C1. The van der Waals surface area contributed by atoms with Crippen molar-refractivity contribution in [1.29, 1.82) is 0 Å². The van der Waals surface area contributed by atoms with Crippen LogP contribution in [0.1, 0.15) is 117 Å². The predicted molar refractivity (Wildman–Crippen MR) is 166 cm³/mol. The van der Waals surface area contributed by atoms with Gasteiger partial charge >= 0.3 is 5.97 Å². The number of carboxylic acid groups (broad SMARTS) is 1. The lowest BCUT2D eigenvalue weighted by atomic mass is 9.33. The number of rotatable bonds is 2. The van der Waals surface area contributed by atoms with E-state index in [-0.39, 0.29) is 33.0 Å². The van der Waals surface area contributed by atoms with Crippen LogP contribution in [0, 0.1) is 44.8 Å². The minimum Gasteiger partial charge on any atom is -0.481 e. The zero-order valence-corrected chi connectivity index (χ0v) is 26.7. The summed E-state index contributed by atoms with van der Waals surface area (Å²) in [6, 6.07) is 4.35. The van der Waals surface area contributed by atoms with Crippen LogP contribution in [0.4, 0.5) is 5.82 Å². The Labute approximate surface area is 251 Å². The van der Waals surface area contributed by atoms with E-state index in [1.807, 2.05) is 12.4 Å². The lowest BCUT2D eigenvalue weighted by molar-refractivity contribution is -0.175. The summed E-state index contributed by atoms with van der Waals surface area (Å²) in [5, 5.41) is 18.8. The number of carbonyl (C=O) groups is 1. The summed E-state index contributed by atoms with van der Waals surface area (Å²) >= 11 is 0. The zero-order chi connectivity index (χ0) is 30.1. The molecule has 0 saturated heterocycles. The van der Waals surface area contributed by atoms with Crippen molar-refractivity contribution in [3.8, 4) is 0 Å². The number of carboxylic acids is 1. The monoisotopic (exact) mass is 570 g/mol. The van der Waals surface area contributed by atoms with E-state index in [1.54, 1.807) is 0 Å². The normalized spacial score (nSPS) is 41.5. The molecule has 3 saturated carbocycles. The van der Waals surface area contributed by atoms with Gasteiger partial charge in [-0.1, -0.05) is 54.0 Å². The molecule has 6 nitrogen and oxygen atoms in total. The number of aromatic nitrogens is 3. The van der Waals surface area contributed by atoms with Crippen molar-refractivity contribution in [2.75, 3.05) is 5.73 Å². The van der Waals surface area contributed by atoms with E-state index in [4.69, 9.17) is 5.73 Å². The molecule has 0 spiro atoms. The molecular weight excluding hydrogens is 520 g/mol. The molecule has 7 atom stereocenters. The summed E-state index contributed by atoms with van der Waals surface area (Å²) in [7, 11) is 0. The first-order valence-corrected chi connectivity index (χ1v) is 16.3. The molecule has 2 heterocycles. The average Bonchev–Trinajstić information content (AvgIpc) is 3.29. The standard InChI is InChI=1S/C36H50N4O2/c1-31(2)12-14-36(30(41)42)15-13-35(7)27(24(36)20-31)22(21-9-16-38-17-10-21)18-26-33(5)19-23-28(39-40-29(23)37)32(3,4)25(33)8-11-34(26,35)6/h9-10,16-17,24-26H,8,11-15,18-20H2,1-7H3,(H,41,42)(H3,37,39,40)/t24-,25-,26?,33-,34+,35+,36-/m0/s1. The highest BCUT2D eigenvalue weighted by Gasteiger charge is 2.70. The van der Waals surface area contributed by atoms with Gasteiger partial charge in [-0.25, -0.2) is 0 Å². The van der Waals surface area contributed by atoms with Crippen molar-refractivity contribution in [2.45, 2.75) is 112 Å². The lowest BCUT2D eigenvalue weighted by Gasteiger charge is -2.71. The molecule has 4 N–H and O–H groups in total. The molecule has 2 aromatic heterocycles. The molecule has 7 rings (SSSR count). The molecule has 0 radical (unpaired) electrons. The number of nitrogens with one attached hydrogen (secondary N) is 1. The topological polar surface area (TPSA) is 105 Å². The quantitative estimate of drug-likeness (QED) is 0.341. The van der Waals surface area contributed by atoms with Crippen molar-refractivity contribution < 1.29 is 9.90 Å². The fraction of sp³-hybridized carbons (Fsp3) is 0.694. The Morgan fingerprint density at radius 3 is 2.36 bits per heavy atom. The number of allylic oxidation sites excluding steroid dienone is 2. The Balaban J connectivity index is 1.48. The molecular formula is C36H50N4O2. The molecule has 6 heteroatoms. The Kier molecular flexibility index (Phi) is 5.70. The Hall–Kier alpha value is -2.63. The predicted octanol–water partition coefficient (Wildman–Crippen LogP) is 7.81. The summed E-state index contributed by atoms with van der Waals surface area (Å²) in [5.74, 6) is 1.09. The number of hydrogen-bond acceptors (Lipinski definition) is 4. The third-order valence-corrected chi connectivity index (χ3v) is 14.4. The number of aromatic amines is 1. The fourth-order valence-electron chi connectivity index (χ4n) is 12.0. The molecule has 226 valence electrons. The van der Waals surface area contributed by atoms with E-state index in [9.17, 15) is 9.90 Å². The third kappa shape index (κ3) is 3.36. The van der Waals surface area contributed by atoms with Crippen LogP contribution in [-0.4, -0.2) is 26.3 Å². The highest BCUT2D eigenvalue weighted by atomic mass is 16.4. The van der Waals surface area contributed by atoms with Crippen molar-refractivity contribution in [3.63, 3.8) is 0 Å². The maximum absolute atomic E-state index is 13.3. The average molecular weight is 571 g/mol. The second kappa shape index (κ2) is 8.51. The number of hydrogen-bond donors (Lipinski definition) is 3. The van der Waals surface area contributed by atoms with E-state index in [2.05, 4.69) is 75.8 Å². The van der Waals surface area contributed by atoms with Crippen LogP contribution in [-0.2, 0) is 16.6 Å². The summed E-state index contributed by atoms with van der Waals surface area (Å²) in [4.78, 5) is 17.7. The maximum Gasteiger partial charge on any atom is 0.310 e. The van der Waals surface area contributed by atoms with Gasteiger partial charge in [0, 0.05) is 29.1 Å². The Bertz CT molecular complexity index is 1490. The molecule has 42 heavy (non-hydrogen) atoms. The lowest BCUT2D eigenvalue weighted by Crippen LogP contribution is -2.65. The molecule has 0 aromatic carbocycles. The summed E-state index contributed by atoms with van der Waals surface area (Å²) in [6.07, 6.45) is 12.5. The van der Waals surface area contributed by atoms with Gasteiger partial charge in [0.05, 0.1) is 5.41 Å². The third-order valence-electron chi connectivity index (χ3n) is 14.4. The van der Waals surface area contributed by atoms with Crippen LogP contribution in [0.3, 0.4) is 0 Å². The van der Waals surface area contributed by atoms with Crippen LogP contribution >= 0.6 is 0 Å². The van der Waals surface area contributed by atoms with Crippen LogP contribution in [0.15, 0.2) is 30.1 Å². The summed E-state index contributed by atoms with van der Waals surface area (Å²) in [6.45, 7) is 17.2. The van der Waals surface area contributed by atoms with Crippen LogP contribution < -0.4 is 5.73 Å². The molecule has 0 amide bonds. The van der Waals surface area contributed by atoms with Gasteiger partial charge in [0.15, 0.2) is 0 Å². The smallest absolute Gasteiger partial charge is 0.310 e. The number of aliphatic carboxylic acids is 1. The van der Waals surface area contributed by atoms with Gasteiger partial charge in [0.2, 0.25) is 0 Å². The fourth-order valence-corrected chi connectivity index (χ4v) is 12.0. The second-order valence-electron chi connectivity index (χ2n) is 17.0. The number of fused-ring (bicyclic) bond motifs is 8. The summed E-state index contributed by atoms with van der Waals surface area (Å²) < 4.78 is 0. The Morgan fingerprint density at radius 1 is 0.976 bits per heavy atom. The van der Waals surface area contributed by atoms with Crippen molar-refractivity contribution in [2.24, 2.45) is 44.8 Å². The first-order chi connectivity index (χ1) is 19.6. The van der Waals surface area contributed by atoms with E-state index in [1.165, 1.54) is 40.8 Å². The van der Waals surface area contributed by atoms with Gasteiger partial charge in [-0.2, -0.15) is 5.10 Å². The van der Waals surface area contributed by atoms with Gasteiger partial charge in [-0.3, -0.25) is 14.9 Å². The van der Waals surface area contributed by atoms with E-state index in [0.29, 0.717) is 17.7 Å². The summed E-state index contributed by atoms with van der Waals surface area (Å²) in [5.41, 5.74) is 12.6. The van der Waals surface area contributed by atoms with Gasteiger partial charge in [0.25, 0.3) is 0 Å². The van der Waals surface area contributed by atoms with Crippen LogP contribution in [0.25, 0.3) is 5.57 Å². The second-order valence-corrected chi connectivity index (χ2v) is 17.0. The number of pyridine rings is 1. The van der Waals surface area contributed by atoms with E-state index in [0.717, 1.165) is 44.9 Å². The molecule has 2 aromatic rings. The van der Waals surface area contributed by atoms with Crippen LogP contribution in [0.2, 0.25) is 0 Å². The number of nitrogens with two attached hydrogens (primary N) is 1. The number of nitrogen functional groups attached to an aromatic ring is 1. The molecule has 0 bridgehead atoms. The first-order valence-electron chi connectivity index (χ1n) is 16.3. The molecule has 5 aliphatic rings. The van der Waals surface area contributed by atoms with E-state index < -0.39 is 11.4 Å². The zero-order valence-electron chi connectivity index (χ0n) is 26.7. The minimum absolute atomic E-state index is 0.0431. The van der Waals surface area contributed by atoms with Crippen molar-refractivity contribution >= 4 is 17.4 Å². The molecule has 0 aliphatic heterocycles. The highest BCUT2D eigenvalue weighted by molar-refractivity contribution is 5.80. The number of anilines is 1. The van der Waals surface area contributed by atoms with Gasteiger partial charge < -0.3 is 10.8 Å². The van der Waals surface area contributed by atoms with Gasteiger partial charge in [0.1, 0.15) is 5.82 Å². The molecule has 1 unspecified atom stereocenters. The molecule has 3 fully saturated rings. The van der Waals surface area contributed by atoms with E-state index >= 15 is 0 Å². The van der Waals surface area contributed by atoms with Gasteiger partial charge in [-0.05, 0) is 120 Å². The Morgan fingerprint density at radius 2 is 1.67 bits per heavy atom. The van der Waals surface area contributed by atoms with Crippen molar-refractivity contribution in [3.05, 3.63) is 46.9 Å². The number of H-pyrrole nitrogens is 1. The maximum atomic E-state index is 13.3. The van der Waals surface area contributed by atoms with Crippen LogP contribution in [0.5, 0.6) is 0 Å². The molecule has 5 aliphatic carbocycles. The van der Waals surface area contributed by atoms with Crippen molar-refractivity contribution in [1.82, 2.24) is 15.2 Å². The minimum atomic E-state index is -0.667.